The molecule has 20 heavy (non-hydrogen) atoms. The Bertz CT molecular complexity index is 464. The van der Waals surface area contributed by atoms with Crippen molar-refractivity contribution in [2.75, 3.05) is 0 Å². The zero-order chi connectivity index (χ0) is 15.2. The highest BCUT2D eigenvalue weighted by Gasteiger charge is 2.29. The minimum absolute atomic E-state index is 0.00250. The van der Waals surface area contributed by atoms with Crippen molar-refractivity contribution in [3.8, 4) is 0 Å². The maximum Gasteiger partial charge on any atom is 0.187 e. The lowest BCUT2D eigenvalue weighted by molar-refractivity contribution is -2.00. The van der Waals surface area contributed by atoms with Gasteiger partial charge in [0.15, 0.2) is 17.9 Å². The minimum Gasteiger partial charge on any atom is -0.222 e. The second-order valence-electron chi connectivity index (χ2n) is 4.59. The van der Waals surface area contributed by atoms with Gasteiger partial charge in [-0.05, 0) is 0 Å². The predicted molar refractivity (Wildman–Crippen MR) is 61.5 cm³/mol. The lowest BCUT2D eigenvalue weighted by Gasteiger charge is -2.19. The number of benzene rings is 1. The van der Waals surface area contributed by atoms with Crippen LogP contribution in [0.5, 0.6) is 0 Å². The number of halogens is 1. The highest BCUT2D eigenvalue weighted by atomic mass is 35.7. The summed E-state index contributed by atoms with van der Waals surface area (Å²) in [5.74, 6) is 0. The van der Waals surface area contributed by atoms with Crippen LogP contribution in [0, 0.1) is 10.2 Å². The van der Waals surface area contributed by atoms with Crippen molar-refractivity contribution in [3.05, 3.63) is 66.5 Å². The monoisotopic (exact) mass is 297 g/mol. The van der Waals surface area contributed by atoms with E-state index in [9.17, 15) is 0 Å². The molecule has 2 rings (SSSR count). The Morgan fingerprint density at radius 2 is 1.20 bits per heavy atom. The Morgan fingerprint density at radius 1 is 0.800 bits per heavy atom. The number of hydrogen-bond donors (Lipinski definition) is 0. The van der Waals surface area contributed by atoms with Gasteiger partial charge in [0, 0.05) is 31.5 Å². The van der Waals surface area contributed by atoms with E-state index in [1.807, 2.05) is 6.07 Å². The third kappa shape index (κ3) is 5.64. The van der Waals surface area contributed by atoms with E-state index in [2.05, 4.69) is 73.3 Å². The SMILES string of the molecule is CC(C)(c1ccccc1)[n+]1ccccc1.[O-][Cl+3]([O-])([O-])[O-]. The van der Waals surface area contributed by atoms with Crippen molar-refractivity contribution < 1.29 is 33.4 Å². The fourth-order valence-corrected chi connectivity index (χ4v) is 1.77. The van der Waals surface area contributed by atoms with E-state index in [0.717, 1.165) is 0 Å². The summed E-state index contributed by atoms with van der Waals surface area (Å²) < 4.78 is 36.2. The molecule has 0 saturated carbocycles. The fraction of sp³-hybridized carbons (Fsp3) is 0.214. The third-order valence-electron chi connectivity index (χ3n) is 2.84. The first-order chi connectivity index (χ1) is 9.21. The molecule has 0 aliphatic heterocycles. The maximum atomic E-state index is 8.49. The summed E-state index contributed by atoms with van der Waals surface area (Å²) in [6.07, 6.45) is 4.21. The first kappa shape index (κ1) is 16.6. The number of aromatic nitrogens is 1. The van der Waals surface area contributed by atoms with Crippen LogP contribution < -0.4 is 23.2 Å². The van der Waals surface area contributed by atoms with E-state index < -0.39 is 10.2 Å². The normalized spacial score (nSPS) is 11.5. The molecule has 0 radical (unpaired) electrons. The molecule has 0 fully saturated rings. The van der Waals surface area contributed by atoms with Crippen molar-refractivity contribution in [3.63, 3.8) is 0 Å². The molecule has 0 saturated heterocycles. The molecule has 0 N–H and O–H groups in total. The van der Waals surface area contributed by atoms with E-state index in [4.69, 9.17) is 18.6 Å². The van der Waals surface area contributed by atoms with E-state index >= 15 is 0 Å². The van der Waals surface area contributed by atoms with Crippen LogP contribution in [0.3, 0.4) is 0 Å². The molecule has 6 heteroatoms. The molecular formula is C14H16ClNO4. The van der Waals surface area contributed by atoms with Gasteiger partial charge in [-0.25, -0.2) is 18.6 Å². The van der Waals surface area contributed by atoms with Gasteiger partial charge in [-0.2, -0.15) is 4.57 Å². The summed E-state index contributed by atoms with van der Waals surface area (Å²) in [5, 5.41) is 0. The molecular weight excluding hydrogens is 282 g/mol. The maximum absolute atomic E-state index is 8.49. The van der Waals surface area contributed by atoms with Crippen LogP contribution in [0.25, 0.3) is 0 Å². The predicted octanol–water partition coefficient (Wildman–Crippen LogP) is -2.00. The number of pyridine rings is 1. The Labute approximate surface area is 120 Å². The van der Waals surface area contributed by atoms with Crippen LogP contribution in [0.4, 0.5) is 0 Å². The highest BCUT2D eigenvalue weighted by Crippen LogP contribution is 2.18. The molecule has 5 nitrogen and oxygen atoms in total. The van der Waals surface area contributed by atoms with Crippen LogP contribution >= 0.6 is 0 Å². The van der Waals surface area contributed by atoms with Gasteiger partial charge in [-0.3, -0.25) is 0 Å². The summed E-state index contributed by atoms with van der Waals surface area (Å²) in [7, 11) is -4.94. The van der Waals surface area contributed by atoms with Gasteiger partial charge in [0.25, 0.3) is 0 Å². The van der Waals surface area contributed by atoms with Crippen molar-refractivity contribution in [2.45, 2.75) is 19.4 Å². The molecule has 0 amide bonds. The minimum atomic E-state index is -4.94. The van der Waals surface area contributed by atoms with Crippen LogP contribution in [0.15, 0.2) is 60.9 Å². The Kier molecular flexibility index (Phi) is 5.62. The molecule has 108 valence electrons. The lowest BCUT2D eigenvalue weighted by atomic mass is 9.94. The molecule has 0 unspecified atom stereocenters. The topological polar surface area (TPSA) is 96.1 Å². The number of rotatable bonds is 2. The molecule has 1 aromatic carbocycles. The first-order valence-corrected chi connectivity index (χ1v) is 7.09. The Balaban J connectivity index is 0.000000347. The number of hydrogen-bond acceptors (Lipinski definition) is 4. The molecule has 2 aromatic rings. The summed E-state index contributed by atoms with van der Waals surface area (Å²) in [4.78, 5) is 0. The van der Waals surface area contributed by atoms with E-state index in [1.165, 1.54) is 5.56 Å². The van der Waals surface area contributed by atoms with Crippen molar-refractivity contribution >= 4 is 0 Å². The van der Waals surface area contributed by atoms with Crippen LogP contribution in [-0.4, -0.2) is 0 Å². The van der Waals surface area contributed by atoms with E-state index in [0.29, 0.717) is 0 Å². The first-order valence-electron chi connectivity index (χ1n) is 5.85. The standard InChI is InChI=1S/C14H16N.ClHO4/c1-14(2,13-9-5-3-6-10-13)15-11-7-4-8-12-15;2-1(3,4)5/h3-12H,1-2H3;(H,2,3,4,5)/q+1;/p-1. The van der Waals surface area contributed by atoms with E-state index in [1.54, 1.807) is 0 Å². The molecule has 1 heterocycles. The van der Waals surface area contributed by atoms with Gasteiger partial charge in [-0.15, -0.1) is 10.2 Å². The smallest absolute Gasteiger partial charge is 0.187 e. The van der Waals surface area contributed by atoms with Gasteiger partial charge in [0.2, 0.25) is 0 Å². The molecule has 0 bridgehead atoms. The highest BCUT2D eigenvalue weighted by molar-refractivity contribution is 5.20. The third-order valence-corrected chi connectivity index (χ3v) is 2.84. The number of nitrogens with zero attached hydrogens (tertiary/aromatic N) is 1. The molecule has 1 aromatic heterocycles. The van der Waals surface area contributed by atoms with Gasteiger partial charge in [0.1, 0.15) is 0 Å². The van der Waals surface area contributed by atoms with Crippen molar-refractivity contribution in [1.82, 2.24) is 0 Å². The fourth-order valence-electron chi connectivity index (χ4n) is 1.77. The average Bonchev–Trinajstić information content (AvgIpc) is 2.39. The van der Waals surface area contributed by atoms with Crippen LogP contribution in [-0.2, 0) is 5.54 Å². The van der Waals surface area contributed by atoms with Crippen LogP contribution in [0.2, 0.25) is 0 Å². The van der Waals surface area contributed by atoms with Gasteiger partial charge in [0.05, 0.1) is 0 Å². The quantitative estimate of drug-likeness (QED) is 0.599. The summed E-state index contributed by atoms with van der Waals surface area (Å²) in [6.45, 7) is 4.45. The largest absolute Gasteiger partial charge is 0.222 e. The average molecular weight is 298 g/mol. The Morgan fingerprint density at radius 3 is 1.65 bits per heavy atom. The van der Waals surface area contributed by atoms with Gasteiger partial charge in [-0.1, -0.05) is 36.4 Å². The summed E-state index contributed by atoms with van der Waals surface area (Å²) >= 11 is 0. The molecule has 0 spiro atoms. The summed E-state index contributed by atoms with van der Waals surface area (Å²) in [6, 6.07) is 16.7. The molecule has 0 aliphatic carbocycles. The second kappa shape index (κ2) is 6.78. The van der Waals surface area contributed by atoms with Crippen molar-refractivity contribution in [2.24, 2.45) is 0 Å². The zero-order valence-electron chi connectivity index (χ0n) is 11.2. The lowest BCUT2D eigenvalue weighted by Crippen LogP contribution is -2.68. The van der Waals surface area contributed by atoms with Gasteiger partial charge < -0.3 is 0 Å². The van der Waals surface area contributed by atoms with E-state index in [-0.39, 0.29) is 5.54 Å². The summed E-state index contributed by atoms with van der Waals surface area (Å²) in [5.41, 5.74) is 1.32. The van der Waals surface area contributed by atoms with Crippen molar-refractivity contribution in [1.29, 1.82) is 0 Å². The molecule has 0 aliphatic rings. The van der Waals surface area contributed by atoms with Gasteiger partial charge >= 0.3 is 0 Å². The Hall–Kier alpha value is -1.50. The van der Waals surface area contributed by atoms with Crippen LogP contribution in [0.1, 0.15) is 19.4 Å². The zero-order valence-corrected chi connectivity index (χ0v) is 12.0. The molecule has 0 atom stereocenters. The second-order valence-corrected chi connectivity index (χ2v) is 5.34.